The number of carbonyl (C=O) groups is 1. The van der Waals surface area contributed by atoms with Crippen LogP contribution in [-0.4, -0.2) is 17.9 Å². The first-order valence-electron chi connectivity index (χ1n) is 6.31. The van der Waals surface area contributed by atoms with Gasteiger partial charge in [-0.1, -0.05) is 19.1 Å². The van der Waals surface area contributed by atoms with Gasteiger partial charge in [-0.05, 0) is 46.1 Å². The van der Waals surface area contributed by atoms with Crippen molar-refractivity contribution >= 4 is 33.3 Å². The third-order valence-corrected chi connectivity index (χ3v) is 3.59. The van der Waals surface area contributed by atoms with Crippen LogP contribution in [0.2, 0.25) is 0 Å². The van der Waals surface area contributed by atoms with Crippen molar-refractivity contribution in [2.24, 2.45) is 0 Å². The summed E-state index contributed by atoms with van der Waals surface area (Å²) in [5, 5.41) is 0. The number of nitrogens with zero attached hydrogens (tertiary/aromatic N) is 2. The fraction of sp³-hybridized carbons (Fsp3) is 0.200. The van der Waals surface area contributed by atoms with Crippen molar-refractivity contribution in [1.29, 1.82) is 0 Å². The van der Waals surface area contributed by atoms with Gasteiger partial charge in [0.05, 0.1) is 5.56 Å². The molecule has 0 saturated carbocycles. The fourth-order valence-electron chi connectivity index (χ4n) is 1.87. The van der Waals surface area contributed by atoms with E-state index in [-0.39, 0.29) is 11.7 Å². The zero-order chi connectivity index (χ0) is 14.7. The van der Waals surface area contributed by atoms with E-state index in [1.807, 2.05) is 24.3 Å². The number of pyridine rings is 1. The Kier molecular flexibility index (Phi) is 4.39. The Morgan fingerprint density at radius 3 is 2.60 bits per heavy atom. The highest BCUT2D eigenvalue weighted by atomic mass is 79.9. The molecule has 1 heterocycles. The number of amides is 1. The topological polar surface area (TPSA) is 59.2 Å². The van der Waals surface area contributed by atoms with Gasteiger partial charge >= 0.3 is 0 Å². The molecule has 0 aliphatic rings. The summed E-state index contributed by atoms with van der Waals surface area (Å²) >= 11 is 3.30. The number of nitrogen functional groups attached to an aromatic ring is 1. The molecule has 0 aliphatic heterocycles. The molecular weight excluding hydrogens is 318 g/mol. The average molecular weight is 334 g/mol. The molecule has 1 aromatic heterocycles. The van der Waals surface area contributed by atoms with Crippen LogP contribution in [0.5, 0.6) is 0 Å². The summed E-state index contributed by atoms with van der Waals surface area (Å²) in [6.45, 7) is 2.09. The number of benzene rings is 1. The van der Waals surface area contributed by atoms with Crippen molar-refractivity contribution in [3.05, 3.63) is 52.1 Å². The molecule has 2 aromatic rings. The van der Waals surface area contributed by atoms with Gasteiger partial charge in [-0.2, -0.15) is 0 Å². The Morgan fingerprint density at radius 1 is 1.35 bits per heavy atom. The molecule has 2 rings (SSSR count). The molecule has 20 heavy (non-hydrogen) atoms. The number of hydrogen-bond donors (Lipinski definition) is 1. The van der Waals surface area contributed by atoms with Gasteiger partial charge in [-0.3, -0.25) is 4.79 Å². The first-order chi connectivity index (χ1) is 9.52. The van der Waals surface area contributed by atoms with Crippen molar-refractivity contribution in [2.45, 2.75) is 13.3 Å². The van der Waals surface area contributed by atoms with E-state index in [2.05, 4.69) is 27.8 Å². The third-order valence-electron chi connectivity index (χ3n) is 3.15. The van der Waals surface area contributed by atoms with E-state index in [0.29, 0.717) is 5.56 Å². The van der Waals surface area contributed by atoms with Gasteiger partial charge in [0, 0.05) is 23.4 Å². The van der Waals surface area contributed by atoms with Crippen molar-refractivity contribution in [3.8, 4) is 0 Å². The minimum absolute atomic E-state index is 0.180. The Bertz CT molecular complexity index is 626. The lowest BCUT2D eigenvalue weighted by Crippen LogP contribution is -2.27. The molecule has 0 spiro atoms. The van der Waals surface area contributed by atoms with Crippen LogP contribution >= 0.6 is 15.9 Å². The molecule has 104 valence electrons. The highest BCUT2D eigenvalue weighted by molar-refractivity contribution is 9.10. The zero-order valence-corrected chi connectivity index (χ0v) is 13.0. The molecule has 0 radical (unpaired) electrons. The molecule has 2 N–H and O–H groups in total. The summed E-state index contributed by atoms with van der Waals surface area (Å²) in [6.07, 6.45) is 2.54. The van der Waals surface area contributed by atoms with Gasteiger partial charge < -0.3 is 10.6 Å². The minimum Gasteiger partial charge on any atom is -0.383 e. The fourth-order valence-corrected chi connectivity index (χ4v) is 2.21. The van der Waals surface area contributed by atoms with Crippen LogP contribution in [0.15, 0.2) is 41.0 Å². The van der Waals surface area contributed by atoms with E-state index in [1.165, 1.54) is 5.56 Å². The smallest absolute Gasteiger partial charge is 0.261 e. The lowest BCUT2D eigenvalue weighted by Gasteiger charge is -2.18. The largest absolute Gasteiger partial charge is 0.383 e. The van der Waals surface area contributed by atoms with E-state index in [9.17, 15) is 4.79 Å². The predicted molar refractivity (Wildman–Crippen MR) is 84.9 cm³/mol. The number of hydrogen-bond acceptors (Lipinski definition) is 3. The number of aryl methyl sites for hydroxylation is 1. The molecular formula is C15H16BrN3O. The van der Waals surface area contributed by atoms with E-state index in [4.69, 9.17) is 5.73 Å². The van der Waals surface area contributed by atoms with Crippen molar-refractivity contribution in [3.63, 3.8) is 0 Å². The maximum absolute atomic E-state index is 12.5. The number of anilines is 2. The molecule has 5 heteroatoms. The molecule has 1 amide bonds. The Balaban J connectivity index is 2.29. The molecule has 0 unspecified atom stereocenters. The molecule has 0 atom stereocenters. The van der Waals surface area contributed by atoms with Gasteiger partial charge in [0.2, 0.25) is 0 Å². The van der Waals surface area contributed by atoms with Crippen molar-refractivity contribution < 1.29 is 4.79 Å². The van der Waals surface area contributed by atoms with Crippen LogP contribution in [0.25, 0.3) is 0 Å². The van der Waals surface area contributed by atoms with Gasteiger partial charge in [0.15, 0.2) is 0 Å². The van der Waals surface area contributed by atoms with Crippen molar-refractivity contribution in [2.75, 3.05) is 17.7 Å². The summed E-state index contributed by atoms with van der Waals surface area (Å²) < 4.78 is 0.727. The minimum atomic E-state index is -0.180. The van der Waals surface area contributed by atoms with Gasteiger partial charge in [-0.15, -0.1) is 0 Å². The molecule has 0 aliphatic carbocycles. The SMILES string of the molecule is CCc1ccc(N(C)C(=O)c2cc(Br)cnc2N)cc1. The first-order valence-corrected chi connectivity index (χ1v) is 7.10. The van der Waals surface area contributed by atoms with Crippen LogP contribution in [0.4, 0.5) is 11.5 Å². The Labute approximate surface area is 126 Å². The van der Waals surface area contributed by atoms with E-state index >= 15 is 0 Å². The van der Waals surface area contributed by atoms with Crippen LogP contribution in [0.3, 0.4) is 0 Å². The lowest BCUT2D eigenvalue weighted by atomic mass is 10.1. The molecule has 1 aromatic carbocycles. The molecule has 0 fully saturated rings. The number of aromatic nitrogens is 1. The molecule has 0 bridgehead atoms. The second-order valence-corrected chi connectivity index (χ2v) is 5.39. The quantitative estimate of drug-likeness (QED) is 0.937. The maximum Gasteiger partial charge on any atom is 0.261 e. The van der Waals surface area contributed by atoms with Gasteiger partial charge in [0.1, 0.15) is 5.82 Å². The number of halogens is 1. The van der Waals surface area contributed by atoms with Crippen LogP contribution in [-0.2, 0) is 6.42 Å². The van der Waals surface area contributed by atoms with E-state index < -0.39 is 0 Å². The second-order valence-electron chi connectivity index (χ2n) is 4.47. The predicted octanol–water partition coefficient (Wildman–Crippen LogP) is 3.27. The first kappa shape index (κ1) is 14.5. The lowest BCUT2D eigenvalue weighted by molar-refractivity contribution is 0.0993. The van der Waals surface area contributed by atoms with Crippen LogP contribution in [0, 0.1) is 0 Å². The second kappa shape index (κ2) is 6.05. The van der Waals surface area contributed by atoms with Gasteiger partial charge in [0.25, 0.3) is 5.91 Å². The Hall–Kier alpha value is -1.88. The summed E-state index contributed by atoms with van der Waals surface area (Å²) in [7, 11) is 1.73. The highest BCUT2D eigenvalue weighted by Gasteiger charge is 2.17. The van der Waals surface area contributed by atoms with Crippen LogP contribution in [0.1, 0.15) is 22.8 Å². The number of carbonyl (C=O) groups excluding carboxylic acids is 1. The summed E-state index contributed by atoms with van der Waals surface area (Å²) in [5.74, 6) is 0.0516. The van der Waals surface area contributed by atoms with Crippen LogP contribution < -0.4 is 10.6 Å². The number of nitrogens with two attached hydrogens (primary N) is 1. The zero-order valence-electron chi connectivity index (χ0n) is 11.4. The average Bonchev–Trinajstić information content (AvgIpc) is 2.48. The number of rotatable bonds is 3. The monoisotopic (exact) mass is 333 g/mol. The summed E-state index contributed by atoms with van der Waals surface area (Å²) in [5.41, 5.74) is 8.22. The van der Waals surface area contributed by atoms with E-state index in [1.54, 1.807) is 24.2 Å². The molecule has 4 nitrogen and oxygen atoms in total. The maximum atomic E-state index is 12.5. The highest BCUT2D eigenvalue weighted by Crippen LogP contribution is 2.21. The molecule has 0 saturated heterocycles. The summed E-state index contributed by atoms with van der Waals surface area (Å²) in [4.78, 5) is 18.0. The van der Waals surface area contributed by atoms with Gasteiger partial charge in [-0.25, -0.2) is 4.98 Å². The standard InChI is InChI=1S/C15H16BrN3O/c1-3-10-4-6-12(7-5-10)19(2)15(20)13-8-11(16)9-18-14(13)17/h4-9H,3H2,1-2H3,(H2,17,18). The normalized spacial score (nSPS) is 10.3. The van der Waals surface area contributed by atoms with Crippen molar-refractivity contribution in [1.82, 2.24) is 4.98 Å². The Morgan fingerprint density at radius 2 is 2.00 bits per heavy atom. The summed E-state index contributed by atoms with van der Waals surface area (Å²) in [6, 6.07) is 9.57. The van der Waals surface area contributed by atoms with E-state index in [0.717, 1.165) is 16.6 Å². The third kappa shape index (κ3) is 2.99.